The molecule has 0 aromatic carbocycles. The van der Waals surface area contributed by atoms with E-state index in [1.807, 2.05) is 31.3 Å². The number of nitrogens with zero attached hydrogens (tertiary/aromatic N) is 2. The molecular weight excluding hydrogens is 184 g/mol. The van der Waals surface area contributed by atoms with Crippen LogP contribution in [0.2, 0.25) is 0 Å². The summed E-state index contributed by atoms with van der Waals surface area (Å²) in [4.78, 5) is 8.07. The largest absolute Gasteiger partial charge is 0.263 e. The van der Waals surface area contributed by atoms with Crippen molar-refractivity contribution in [1.82, 2.24) is 9.97 Å². The summed E-state index contributed by atoms with van der Waals surface area (Å²) in [6, 6.07) is 5.82. The van der Waals surface area contributed by atoms with E-state index in [2.05, 4.69) is 21.8 Å². The number of hydrogen-bond donors (Lipinski definition) is 0. The van der Waals surface area contributed by atoms with Gasteiger partial charge in [0.1, 0.15) is 0 Å². The SMILES string of the molecule is Cc1cncc(C#Cc2cccnc2)c1. The van der Waals surface area contributed by atoms with Gasteiger partial charge in [0.2, 0.25) is 0 Å². The number of aryl methyl sites for hydroxylation is 1. The fourth-order valence-electron chi connectivity index (χ4n) is 1.20. The Morgan fingerprint density at radius 1 is 1.00 bits per heavy atom. The maximum atomic E-state index is 4.08. The minimum Gasteiger partial charge on any atom is -0.263 e. The van der Waals surface area contributed by atoms with E-state index >= 15 is 0 Å². The minimum absolute atomic E-state index is 0.916. The van der Waals surface area contributed by atoms with Gasteiger partial charge in [0, 0.05) is 35.9 Å². The molecule has 0 saturated carbocycles. The second-order valence-corrected chi connectivity index (χ2v) is 3.24. The predicted molar refractivity (Wildman–Crippen MR) is 59.2 cm³/mol. The minimum atomic E-state index is 0.916. The lowest BCUT2D eigenvalue weighted by Crippen LogP contribution is -1.81. The summed E-state index contributed by atoms with van der Waals surface area (Å²) in [6.45, 7) is 2.00. The van der Waals surface area contributed by atoms with E-state index in [1.165, 1.54) is 0 Å². The third-order valence-corrected chi connectivity index (χ3v) is 1.89. The molecule has 72 valence electrons. The van der Waals surface area contributed by atoms with Gasteiger partial charge in [-0.1, -0.05) is 11.8 Å². The molecule has 0 spiro atoms. The van der Waals surface area contributed by atoms with Crippen molar-refractivity contribution in [2.24, 2.45) is 0 Å². The van der Waals surface area contributed by atoms with E-state index in [0.29, 0.717) is 0 Å². The van der Waals surface area contributed by atoms with Crippen molar-refractivity contribution < 1.29 is 0 Å². The third kappa shape index (κ3) is 2.65. The molecule has 0 bridgehead atoms. The van der Waals surface area contributed by atoms with Gasteiger partial charge in [-0.3, -0.25) is 9.97 Å². The molecule has 0 radical (unpaired) electrons. The number of hydrogen-bond acceptors (Lipinski definition) is 2. The lowest BCUT2D eigenvalue weighted by Gasteiger charge is -1.91. The highest BCUT2D eigenvalue weighted by Gasteiger charge is 1.88. The molecule has 2 nitrogen and oxygen atoms in total. The molecular formula is C13H10N2. The van der Waals surface area contributed by atoms with Crippen molar-refractivity contribution >= 4 is 0 Å². The molecule has 0 aliphatic carbocycles. The zero-order valence-corrected chi connectivity index (χ0v) is 8.44. The number of pyridine rings is 2. The van der Waals surface area contributed by atoms with Gasteiger partial charge >= 0.3 is 0 Å². The van der Waals surface area contributed by atoms with Crippen LogP contribution in [0.3, 0.4) is 0 Å². The Labute approximate surface area is 89.0 Å². The molecule has 0 saturated heterocycles. The topological polar surface area (TPSA) is 25.8 Å². The molecule has 0 amide bonds. The quantitative estimate of drug-likeness (QED) is 0.601. The van der Waals surface area contributed by atoms with E-state index in [1.54, 1.807) is 18.6 Å². The maximum Gasteiger partial charge on any atom is 0.0435 e. The summed E-state index contributed by atoms with van der Waals surface area (Å²) in [5.41, 5.74) is 2.96. The number of rotatable bonds is 0. The molecule has 2 aromatic heterocycles. The van der Waals surface area contributed by atoms with Crippen LogP contribution in [-0.4, -0.2) is 9.97 Å². The van der Waals surface area contributed by atoms with Crippen LogP contribution in [0.25, 0.3) is 0 Å². The average Bonchev–Trinajstić information content (AvgIpc) is 2.28. The maximum absolute atomic E-state index is 4.08. The van der Waals surface area contributed by atoms with E-state index < -0.39 is 0 Å². The second-order valence-electron chi connectivity index (χ2n) is 3.24. The van der Waals surface area contributed by atoms with Gasteiger partial charge in [0.15, 0.2) is 0 Å². The van der Waals surface area contributed by atoms with Crippen molar-refractivity contribution in [3.8, 4) is 11.8 Å². The van der Waals surface area contributed by atoms with Crippen molar-refractivity contribution in [3.63, 3.8) is 0 Å². The van der Waals surface area contributed by atoms with Crippen molar-refractivity contribution in [1.29, 1.82) is 0 Å². The van der Waals surface area contributed by atoms with Gasteiger partial charge in [0.25, 0.3) is 0 Å². The lowest BCUT2D eigenvalue weighted by atomic mass is 10.2. The van der Waals surface area contributed by atoms with Crippen LogP contribution in [0.5, 0.6) is 0 Å². The molecule has 0 aliphatic heterocycles. The summed E-state index contributed by atoms with van der Waals surface area (Å²) < 4.78 is 0. The highest BCUT2D eigenvalue weighted by Crippen LogP contribution is 1.99. The highest BCUT2D eigenvalue weighted by atomic mass is 14.6. The standard InChI is InChI=1S/C13H10N2/c1-11-7-13(10-15-8-11)5-4-12-3-2-6-14-9-12/h2-3,6-10H,1H3. The summed E-state index contributed by atoms with van der Waals surface area (Å²) >= 11 is 0. The molecule has 0 atom stereocenters. The molecule has 0 aliphatic rings. The predicted octanol–water partition coefficient (Wildman–Crippen LogP) is 2.18. The Morgan fingerprint density at radius 3 is 2.53 bits per heavy atom. The third-order valence-electron chi connectivity index (χ3n) is 1.89. The zero-order chi connectivity index (χ0) is 10.5. The fourth-order valence-corrected chi connectivity index (χ4v) is 1.20. The lowest BCUT2D eigenvalue weighted by molar-refractivity contribution is 1.25. The second kappa shape index (κ2) is 4.39. The molecule has 0 N–H and O–H groups in total. The Bertz CT molecular complexity index is 507. The normalized spacial score (nSPS) is 9.13. The van der Waals surface area contributed by atoms with Crippen molar-refractivity contribution in [2.75, 3.05) is 0 Å². The highest BCUT2D eigenvalue weighted by molar-refractivity contribution is 5.41. The summed E-state index contributed by atoms with van der Waals surface area (Å²) in [6.07, 6.45) is 7.06. The average molecular weight is 194 g/mol. The van der Waals surface area contributed by atoms with Crippen LogP contribution in [0.15, 0.2) is 43.0 Å². The van der Waals surface area contributed by atoms with Crippen LogP contribution in [-0.2, 0) is 0 Å². The summed E-state index contributed by atoms with van der Waals surface area (Å²) in [5, 5.41) is 0. The molecule has 0 unspecified atom stereocenters. The summed E-state index contributed by atoms with van der Waals surface area (Å²) in [5.74, 6) is 6.08. The van der Waals surface area contributed by atoms with Crippen LogP contribution in [0.4, 0.5) is 0 Å². The molecule has 2 aromatic rings. The monoisotopic (exact) mass is 194 g/mol. The van der Waals surface area contributed by atoms with Gasteiger partial charge in [-0.05, 0) is 30.7 Å². The van der Waals surface area contributed by atoms with Crippen LogP contribution >= 0.6 is 0 Å². The molecule has 2 heterocycles. The van der Waals surface area contributed by atoms with Gasteiger partial charge in [-0.2, -0.15) is 0 Å². The van der Waals surface area contributed by atoms with Crippen molar-refractivity contribution in [2.45, 2.75) is 6.92 Å². The number of aromatic nitrogens is 2. The van der Waals surface area contributed by atoms with Crippen molar-refractivity contribution in [3.05, 3.63) is 59.7 Å². The van der Waals surface area contributed by atoms with E-state index in [9.17, 15) is 0 Å². The first kappa shape index (κ1) is 9.42. The first-order valence-corrected chi connectivity index (χ1v) is 4.68. The Morgan fingerprint density at radius 2 is 1.80 bits per heavy atom. The van der Waals surface area contributed by atoms with Gasteiger partial charge < -0.3 is 0 Å². The molecule has 2 heteroatoms. The van der Waals surface area contributed by atoms with Gasteiger partial charge in [0.05, 0.1) is 0 Å². The Kier molecular flexibility index (Phi) is 2.75. The van der Waals surface area contributed by atoms with E-state index in [4.69, 9.17) is 0 Å². The summed E-state index contributed by atoms with van der Waals surface area (Å²) in [7, 11) is 0. The van der Waals surface area contributed by atoms with Crippen LogP contribution in [0, 0.1) is 18.8 Å². The smallest absolute Gasteiger partial charge is 0.0435 e. The Balaban J connectivity index is 2.26. The Hall–Kier alpha value is -2.14. The molecule has 15 heavy (non-hydrogen) atoms. The first-order chi connectivity index (χ1) is 7.34. The zero-order valence-electron chi connectivity index (χ0n) is 8.44. The van der Waals surface area contributed by atoms with E-state index in [0.717, 1.165) is 16.7 Å². The van der Waals surface area contributed by atoms with Crippen LogP contribution in [0.1, 0.15) is 16.7 Å². The van der Waals surface area contributed by atoms with Gasteiger partial charge in [-0.25, -0.2) is 0 Å². The van der Waals surface area contributed by atoms with E-state index in [-0.39, 0.29) is 0 Å². The molecule has 2 rings (SSSR count). The molecule has 0 fully saturated rings. The van der Waals surface area contributed by atoms with Crippen LogP contribution < -0.4 is 0 Å². The van der Waals surface area contributed by atoms with Gasteiger partial charge in [-0.15, -0.1) is 0 Å². The fraction of sp³-hybridized carbons (Fsp3) is 0.0769. The first-order valence-electron chi connectivity index (χ1n) is 4.68.